The van der Waals surface area contributed by atoms with Crippen molar-refractivity contribution in [2.24, 2.45) is 0 Å². The standard InChI is InChI=1S/C21H21NO3/c1-3-9-25-18-11-14-6-4-5-7-16(14)19-20(18)22(2)12-17(21(19)23)15-8-10-24-13-15/h4-8,10-13,21,23H,3,9H2,1-2H3. The number of aliphatic hydroxyl groups is 1. The van der Waals surface area contributed by atoms with Crippen molar-refractivity contribution in [2.75, 3.05) is 18.6 Å². The van der Waals surface area contributed by atoms with Crippen LogP contribution < -0.4 is 9.64 Å². The van der Waals surface area contributed by atoms with E-state index in [1.165, 1.54) is 0 Å². The van der Waals surface area contributed by atoms with Crippen LogP contribution in [-0.2, 0) is 0 Å². The van der Waals surface area contributed by atoms with Gasteiger partial charge < -0.3 is 19.2 Å². The molecule has 0 saturated heterocycles. The molecule has 0 fully saturated rings. The summed E-state index contributed by atoms with van der Waals surface area (Å²) in [6.45, 7) is 2.73. The summed E-state index contributed by atoms with van der Waals surface area (Å²) < 4.78 is 11.2. The third-order valence-electron chi connectivity index (χ3n) is 4.60. The van der Waals surface area contributed by atoms with Gasteiger partial charge in [-0.15, -0.1) is 0 Å². The molecule has 4 rings (SSSR count). The molecule has 3 aromatic rings. The molecular formula is C21H21NO3. The van der Waals surface area contributed by atoms with E-state index in [0.29, 0.717) is 6.61 Å². The van der Waals surface area contributed by atoms with Crippen molar-refractivity contribution in [3.05, 3.63) is 66.3 Å². The number of nitrogens with zero attached hydrogens (tertiary/aromatic N) is 1. The lowest BCUT2D eigenvalue weighted by Crippen LogP contribution is -2.21. The molecule has 0 amide bonds. The number of anilines is 1. The fraction of sp³-hybridized carbons (Fsp3) is 0.238. The Balaban J connectivity index is 1.95. The van der Waals surface area contributed by atoms with E-state index < -0.39 is 6.10 Å². The van der Waals surface area contributed by atoms with Crippen LogP contribution in [-0.4, -0.2) is 18.8 Å². The average molecular weight is 335 g/mol. The number of rotatable bonds is 4. The van der Waals surface area contributed by atoms with Crippen LogP contribution in [0.25, 0.3) is 16.3 Å². The van der Waals surface area contributed by atoms with Gasteiger partial charge in [0.1, 0.15) is 11.9 Å². The van der Waals surface area contributed by atoms with E-state index in [1.54, 1.807) is 12.5 Å². The van der Waals surface area contributed by atoms with Gasteiger partial charge in [0.25, 0.3) is 0 Å². The van der Waals surface area contributed by atoms with Gasteiger partial charge in [-0.2, -0.15) is 0 Å². The van der Waals surface area contributed by atoms with Crippen molar-refractivity contribution in [1.29, 1.82) is 0 Å². The molecule has 1 aliphatic heterocycles. The Bertz CT molecular complexity index is 928. The van der Waals surface area contributed by atoms with Crippen LogP contribution in [0, 0.1) is 0 Å². The zero-order valence-electron chi connectivity index (χ0n) is 14.4. The van der Waals surface area contributed by atoms with E-state index in [2.05, 4.69) is 19.1 Å². The number of benzene rings is 2. The Kier molecular flexibility index (Phi) is 3.98. The smallest absolute Gasteiger partial charge is 0.143 e. The molecule has 0 bridgehead atoms. The minimum atomic E-state index is -0.737. The highest BCUT2D eigenvalue weighted by molar-refractivity contribution is 5.98. The van der Waals surface area contributed by atoms with E-state index in [9.17, 15) is 5.11 Å². The number of fused-ring (bicyclic) bond motifs is 3. The highest BCUT2D eigenvalue weighted by atomic mass is 16.5. The number of furan rings is 1. The normalized spacial score (nSPS) is 16.7. The average Bonchev–Trinajstić information content (AvgIpc) is 3.16. The first-order valence-electron chi connectivity index (χ1n) is 8.54. The SMILES string of the molecule is CCCOc1cc2ccccc2c2c1N(C)C=C(c1ccoc1)C2O. The zero-order chi connectivity index (χ0) is 17.4. The molecule has 1 aromatic heterocycles. The van der Waals surface area contributed by atoms with Gasteiger partial charge in [-0.25, -0.2) is 0 Å². The molecule has 2 aromatic carbocycles. The van der Waals surface area contributed by atoms with Crippen LogP contribution in [0.4, 0.5) is 5.69 Å². The first kappa shape index (κ1) is 15.8. The molecule has 0 saturated carbocycles. The summed E-state index contributed by atoms with van der Waals surface area (Å²) in [6.07, 6.45) is 5.43. The van der Waals surface area contributed by atoms with Gasteiger partial charge in [0.05, 0.1) is 24.8 Å². The van der Waals surface area contributed by atoms with Crippen LogP contribution in [0.15, 0.2) is 59.5 Å². The van der Waals surface area contributed by atoms with Crippen LogP contribution in [0.1, 0.15) is 30.6 Å². The molecule has 0 aliphatic carbocycles. The molecule has 1 unspecified atom stereocenters. The maximum absolute atomic E-state index is 11.2. The summed E-state index contributed by atoms with van der Waals surface area (Å²) in [5.41, 5.74) is 3.51. The summed E-state index contributed by atoms with van der Waals surface area (Å²) in [7, 11) is 1.98. The highest BCUT2D eigenvalue weighted by Gasteiger charge is 2.30. The molecule has 25 heavy (non-hydrogen) atoms. The lowest BCUT2D eigenvalue weighted by Gasteiger charge is -2.32. The van der Waals surface area contributed by atoms with Crippen LogP contribution in [0.3, 0.4) is 0 Å². The topological polar surface area (TPSA) is 45.8 Å². The first-order chi connectivity index (χ1) is 12.2. The van der Waals surface area contributed by atoms with Gasteiger partial charge in [0.15, 0.2) is 0 Å². The maximum atomic E-state index is 11.2. The molecule has 4 nitrogen and oxygen atoms in total. The zero-order valence-corrected chi connectivity index (χ0v) is 14.4. The van der Waals surface area contributed by atoms with Crippen molar-refractivity contribution < 1.29 is 14.3 Å². The minimum absolute atomic E-state index is 0.646. The molecule has 1 N–H and O–H groups in total. The Morgan fingerprint density at radius 2 is 2.08 bits per heavy atom. The van der Waals surface area contributed by atoms with Gasteiger partial charge in [0.2, 0.25) is 0 Å². The van der Waals surface area contributed by atoms with Gasteiger partial charge >= 0.3 is 0 Å². The number of aliphatic hydroxyl groups excluding tert-OH is 1. The fourth-order valence-corrected chi connectivity index (χ4v) is 3.46. The van der Waals surface area contributed by atoms with Gasteiger partial charge in [-0.3, -0.25) is 0 Å². The van der Waals surface area contributed by atoms with Crippen molar-refractivity contribution in [3.63, 3.8) is 0 Å². The fourth-order valence-electron chi connectivity index (χ4n) is 3.46. The summed E-state index contributed by atoms with van der Waals surface area (Å²) in [5.74, 6) is 0.805. The largest absolute Gasteiger partial charge is 0.491 e. The van der Waals surface area contributed by atoms with Crippen molar-refractivity contribution >= 4 is 22.0 Å². The van der Waals surface area contributed by atoms with Crippen LogP contribution >= 0.6 is 0 Å². The third-order valence-corrected chi connectivity index (χ3v) is 4.60. The van der Waals surface area contributed by atoms with Gasteiger partial charge in [-0.05, 0) is 29.3 Å². The Morgan fingerprint density at radius 3 is 2.84 bits per heavy atom. The summed E-state index contributed by atoms with van der Waals surface area (Å²) >= 11 is 0. The van der Waals surface area contributed by atoms with E-state index >= 15 is 0 Å². The minimum Gasteiger partial charge on any atom is -0.491 e. The molecule has 0 spiro atoms. The second-order valence-corrected chi connectivity index (χ2v) is 6.32. The van der Waals surface area contributed by atoms with Crippen molar-refractivity contribution in [2.45, 2.75) is 19.4 Å². The molecular weight excluding hydrogens is 314 g/mol. The molecule has 1 aliphatic rings. The molecule has 0 radical (unpaired) electrons. The third kappa shape index (κ3) is 2.59. The monoisotopic (exact) mass is 335 g/mol. The molecule has 128 valence electrons. The van der Waals surface area contributed by atoms with E-state index in [1.807, 2.05) is 42.4 Å². The predicted octanol–water partition coefficient (Wildman–Crippen LogP) is 4.75. The maximum Gasteiger partial charge on any atom is 0.143 e. The second-order valence-electron chi connectivity index (χ2n) is 6.32. The second kappa shape index (κ2) is 6.30. The Labute approximate surface area is 146 Å². The van der Waals surface area contributed by atoms with Crippen LogP contribution in [0.2, 0.25) is 0 Å². The van der Waals surface area contributed by atoms with Gasteiger partial charge in [-0.1, -0.05) is 31.2 Å². The van der Waals surface area contributed by atoms with Crippen molar-refractivity contribution in [3.8, 4) is 5.75 Å². The Hall–Kier alpha value is -2.72. The highest BCUT2D eigenvalue weighted by Crippen LogP contribution is 2.48. The molecule has 4 heteroatoms. The first-order valence-corrected chi connectivity index (χ1v) is 8.54. The summed E-state index contributed by atoms with van der Waals surface area (Å²) in [5, 5.41) is 13.3. The van der Waals surface area contributed by atoms with Crippen LogP contribution in [0.5, 0.6) is 5.75 Å². The predicted molar refractivity (Wildman–Crippen MR) is 99.8 cm³/mol. The molecule has 2 heterocycles. The number of hydrogen-bond acceptors (Lipinski definition) is 4. The Morgan fingerprint density at radius 1 is 1.24 bits per heavy atom. The van der Waals surface area contributed by atoms with E-state index in [4.69, 9.17) is 9.15 Å². The van der Waals surface area contributed by atoms with E-state index in [-0.39, 0.29) is 0 Å². The number of hydrogen-bond donors (Lipinski definition) is 1. The quantitative estimate of drug-likeness (QED) is 0.747. The van der Waals surface area contributed by atoms with Crippen molar-refractivity contribution in [1.82, 2.24) is 0 Å². The molecule has 1 atom stereocenters. The number of ether oxygens (including phenoxy) is 1. The summed E-state index contributed by atoms with van der Waals surface area (Å²) in [4.78, 5) is 2.03. The lowest BCUT2D eigenvalue weighted by atomic mass is 9.88. The van der Waals surface area contributed by atoms with E-state index in [0.717, 1.165) is 45.3 Å². The lowest BCUT2D eigenvalue weighted by molar-refractivity contribution is 0.237. The van der Waals surface area contributed by atoms with Gasteiger partial charge in [0, 0.05) is 29.9 Å². The summed E-state index contributed by atoms with van der Waals surface area (Å²) in [6, 6.07) is 12.0.